The lowest BCUT2D eigenvalue weighted by Crippen LogP contribution is -2.12. The molecule has 0 unspecified atom stereocenters. The molecule has 0 spiro atoms. The summed E-state index contributed by atoms with van der Waals surface area (Å²) in [6.45, 7) is 0.140. The van der Waals surface area contributed by atoms with Crippen molar-refractivity contribution in [1.82, 2.24) is 14.8 Å². The third-order valence-electron chi connectivity index (χ3n) is 2.53. The van der Waals surface area contributed by atoms with Crippen molar-refractivity contribution in [2.75, 3.05) is 5.32 Å². The second-order valence-electron chi connectivity index (χ2n) is 3.84. The maximum atomic E-state index is 12.8. The van der Waals surface area contributed by atoms with E-state index in [1.54, 1.807) is 7.05 Å². The Morgan fingerprint density at radius 1 is 1.37 bits per heavy atom. The standard InChI is InChI=1S/C11H10ClF3N4/c1-19-10(17-6-18-19)5-16-9-3-2-7(12)4-8(9)11(13,14)15/h2-4,6,16H,5H2,1H3. The van der Waals surface area contributed by atoms with Gasteiger partial charge in [0.15, 0.2) is 0 Å². The number of aromatic nitrogens is 3. The van der Waals surface area contributed by atoms with Gasteiger partial charge in [-0.15, -0.1) is 0 Å². The molecule has 2 aromatic rings. The summed E-state index contributed by atoms with van der Waals surface area (Å²) in [5.41, 5.74) is -0.845. The summed E-state index contributed by atoms with van der Waals surface area (Å²) in [6, 6.07) is 3.58. The zero-order valence-corrected chi connectivity index (χ0v) is 10.6. The van der Waals surface area contributed by atoms with E-state index >= 15 is 0 Å². The van der Waals surface area contributed by atoms with Crippen molar-refractivity contribution in [2.24, 2.45) is 7.05 Å². The van der Waals surface area contributed by atoms with Crippen LogP contribution in [-0.2, 0) is 19.8 Å². The number of rotatable bonds is 3. The van der Waals surface area contributed by atoms with Gasteiger partial charge >= 0.3 is 6.18 Å². The Kier molecular flexibility index (Phi) is 3.66. The van der Waals surface area contributed by atoms with E-state index in [1.807, 2.05) is 0 Å². The molecule has 102 valence electrons. The van der Waals surface area contributed by atoms with E-state index in [9.17, 15) is 13.2 Å². The topological polar surface area (TPSA) is 42.7 Å². The molecule has 0 fully saturated rings. The van der Waals surface area contributed by atoms with Crippen molar-refractivity contribution in [3.63, 3.8) is 0 Å². The van der Waals surface area contributed by atoms with Crippen molar-refractivity contribution >= 4 is 17.3 Å². The van der Waals surface area contributed by atoms with Gasteiger partial charge < -0.3 is 5.32 Å². The van der Waals surface area contributed by atoms with Gasteiger partial charge in [0.1, 0.15) is 12.2 Å². The van der Waals surface area contributed by atoms with Crippen molar-refractivity contribution in [3.05, 3.63) is 40.9 Å². The van der Waals surface area contributed by atoms with Gasteiger partial charge in [-0.1, -0.05) is 11.6 Å². The number of hydrogen-bond donors (Lipinski definition) is 1. The van der Waals surface area contributed by atoms with E-state index in [1.165, 1.54) is 23.1 Å². The van der Waals surface area contributed by atoms with Gasteiger partial charge in [0, 0.05) is 17.8 Å². The zero-order valence-electron chi connectivity index (χ0n) is 9.87. The summed E-state index contributed by atoms with van der Waals surface area (Å²) < 4.78 is 40.0. The van der Waals surface area contributed by atoms with Crippen molar-refractivity contribution in [2.45, 2.75) is 12.7 Å². The van der Waals surface area contributed by atoms with Crippen molar-refractivity contribution in [1.29, 1.82) is 0 Å². The van der Waals surface area contributed by atoms with Crippen molar-refractivity contribution < 1.29 is 13.2 Å². The molecule has 0 saturated carbocycles. The fourth-order valence-electron chi connectivity index (χ4n) is 1.56. The minimum atomic E-state index is -4.47. The minimum Gasteiger partial charge on any atom is -0.377 e. The second-order valence-corrected chi connectivity index (χ2v) is 4.28. The Hall–Kier alpha value is -1.76. The number of hydrogen-bond acceptors (Lipinski definition) is 3. The van der Waals surface area contributed by atoms with Gasteiger partial charge in [0.2, 0.25) is 0 Å². The molecule has 0 atom stereocenters. The highest BCUT2D eigenvalue weighted by atomic mass is 35.5. The molecule has 0 saturated heterocycles. The number of halogens is 4. The molecule has 1 aromatic carbocycles. The maximum absolute atomic E-state index is 12.8. The number of nitrogens with one attached hydrogen (secondary N) is 1. The quantitative estimate of drug-likeness (QED) is 0.944. The SMILES string of the molecule is Cn1ncnc1CNc1ccc(Cl)cc1C(F)(F)F. The Balaban J connectivity index is 2.23. The molecule has 1 heterocycles. The normalized spacial score (nSPS) is 11.6. The summed E-state index contributed by atoms with van der Waals surface area (Å²) in [6.07, 6.45) is -3.13. The molecule has 8 heteroatoms. The molecule has 1 N–H and O–H groups in total. The van der Waals surface area contributed by atoms with E-state index in [-0.39, 0.29) is 17.3 Å². The van der Waals surface area contributed by atoms with Gasteiger partial charge in [-0.3, -0.25) is 4.68 Å². The first-order valence-corrected chi connectivity index (χ1v) is 5.69. The van der Waals surface area contributed by atoms with Crippen LogP contribution in [0.15, 0.2) is 24.5 Å². The molecule has 0 radical (unpaired) electrons. The van der Waals surface area contributed by atoms with E-state index < -0.39 is 11.7 Å². The first-order valence-electron chi connectivity index (χ1n) is 5.31. The lowest BCUT2D eigenvalue weighted by Gasteiger charge is -2.14. The van der Waals surface area contributed by atoms with Crippen LogP contribution in [-0.4, -0.2) is 14.8 Å². The van der Waals surface area contributed by atoms with Crippen LogP contribution in [0.3, 0.4) is 0 Å². The number of aryl methyl sites for hydroxylation is 1. The molecular formula is C11H10ClF3N4. The first-order chi connectivity index (χ1) is 8.88. The fraction of sp³-hybridized carbons (Fsp3) is 0.273. The average molecular weight is 291 g/mol. The van der Waals surface area contributed by atoms with Crippen LogP contribution in [0.1, 0.15) is 11.4 Å². The molecule has 4 nitrogen and oxygen atoms in total. The lowest BCUT2D eigenvalue weighted by molar-refractivity contribution is -0.136. The number of nitrogens with zero attached hydrogens (tertiary/aromatic N) is 3. The second kappa shape index (κ2) is 5.08. The number of benzene rings is 1. The van der Waals surface area contributed by atoms with Crippen molar-refractivity contribution in [3.8, 4) is 0 Å². The lowest BCUT2D eigenvalue weighted by atomic mass is 10.1. The van der Waals surface area contributed by atoms with Crippen LogP contribution < -0.4 is 5.32 Å². The predicted octanol–water partition coefficient (Wildman–Crippen LogP) is 3.10. The van der Waals surface area contributed by atoms with Gasteiger partial charge in [0.25, 0.3) is 0 Å². The van der Waals surface area contributed by atoms with Gasteiger partial charge in [-0.25, -0.2) is 4.98 Å². The highest BCUT2D eigenvalue weighted by molar-refractivity contribution is 6.30. The van der Waals surface area contributed by atoms with E-state index in [2.05, 4.69) is 15.4 Å². The summed E-state index contributed by atoms with van der Waals surface area (Å²) in [5, 5.41) is 6.56. The number of alkyl halides is 3. The Labute approximate surface area is 112 Å². The third kappa shape index (κ3) is 3.17. The molecule has 0 aliphatic carbocycles. The molecule has 0 aliphatic heterocycles. The molecule has 19 heavy (non-hydrogen) atoms. The largest absolute Gasteiger partial charge is 0.418 e. The summed E-state index contributed by atoms with van der Waals surface area (Å²) in [4.78, 5) is 3.92. The van der Waals surface area contributed by atoms with Gasteiger partial charge in [-0.2, -0.15) is 18.3 Å². The first kappa shape index (κ1) is 13.7. The van der Waals surface area contributed by atoms with Crippen LogP contribution in [0.5, 0.6) is 0 Å². The molecule has 0 bridgehead atoms. The average Bonchev–Trinajstić information content (AvgIpc) is 2.72. The fourth-order valence-corrected chi connectivity index (χ4v) is 1.73. The van der Waals surface area contributed by atoms with Crippen LogP contribution in [0.2, 0.25) is 5.02 Å². The molecule has 1 aromatic heterocycles. The maximum Gasteiger partial charge on any atom is 0.418 e. The van der Waals surface area contributed by atoms with Crippen LogP contribution in [0.4, 0.5) is 18.9 Å². The van der Waals surface area contributed by atoms with E-state index in [4.69, 9.17) is 11.6 Å². The predicted molar refractivity (Wildman–Crippen MR) is 64.8 cm³/mol. The zero-order chi connectivity index (χ0) is 14.0. The third-order valence-corrected chi connectivity index (χ3v) is 2.76. The van der Waals surface area contributed by atoms with Gasteiger partial charge in [-0.05, 0) is 18.2 Å². The summed E-state index contributed by atoms with van der Waals surface area (Å²) >= 11 is 5.59. The Morgan fingerprint density at radius 3 is 2.68 bits per heavy atom. The Morgan fingerprint density at radius 2 is 2.11 bits per heavy atom. The van der Waals surface area contributed by atoms with Crippen LogP contribution in [0.25, 0.3) is 0 Å². The monoisotopic (exact) mass is 290 g/mol. The highest BCUT2D eigenvalue weighted by Gasteiger charge is 2.33. The molecular weight excluding hydrogens is 281 g/mol. The summed E-state index contributed by atoms with van der Waals surface area (Å²) in [7, 11) is 1.66. The molecule has 0 aliphatic rings. The minimum absolute atomic E-state index is 0.0385. The molecule has 2 rings (SSSR count). The van der Waals surface area contributed by atoms with Crippen LogP contribution >= 0.6 is 11.6 Å². The number of anilines is 1. The van der Waals surface area contributed by atoms with E-state index in [0.717, 1.165) is 6.07 Å². The smallest absolute Gasteiger partial charge is 0.377 e. The van der Waals surface area contributed by atoms with Crippen LogP contribution in [0, 0.1) is 0 Å². The Bertz CT molecular complexity index is 580. The highest BCUT2D eigenvalue weighted by Crippen LogP contribution is 2.36. The summed E-state index contributed by atoms with van der Waals surface area (Å²) in [5.74, 6) is 0.531. The van der Waals surface area contributed by atoms with Gasteiger partial charge in [0.05, 0.1) is 12.1 Å². The molecule has 0 amide bonds. The van der Waals surface area contributed by atoms with E-state index in [0.29, 0.717) is 5.82 Å².